The summed E-state index contributed by atoms with van der Waals surface area (Å²) >= 11 is 12.1. The first-order valence-corrected chi connectivity index (χ1v) is 6.14. The Morgan fingerprint density at radius 3 is 2.19 bits per heavy atom. The van der Waals surface area contributed by atoms with Crippen LogP contribution in [0.3, 0.4) is 0 Å². The fraction of sp³-hybridized carbons (Fsp3) is 0.583. The van der Waals surface area contributed by atoms with Crippen LogP contribution >= 0.6 is 23.2 Å². The molecule has 0 aromatic carbocycles. The zero-order chi connectivity index (χ0) is 12.6. The van der Waals surface area contributed by atoms with Crippen molar-refractivity contribution in [3.05, 3.63) is 25.3 Å². The molecular formula is C12H19Cl2NO. The van der Waals surface area contributed by atoms with Crippen molar-refractivity contribution in [2.45, 2.75) is 30.5 Å². The van der Waals surface area contributed by atoms with Gasteiger partial charge in [-0.15, -0.1) is 13.2 Å². The Morgan fingerprint density at radius 2 is 1.81 bits per heavy atom. The Labute approximate surface area is 108 Å². The van der Waals surface area contributed by atoms with E-state index < -0.39 is 4.33 Å². The van der Waals surface area contributed by atoms with Crippen molar-refractivity contribution in [3.63, 3.8) is 0 Å². The summed E-state index contributed by atoms with van der Waals surface area (Å²) in [5.74, 6) is -0.274. The molecule has 4 heteroatoms. The largest absolute Gasteiger partial charge is 0.333 e. The number of alkyl halides is 2. The molecule has 0 aliphatic carbocycles. The minimum Gasteiger partial charge on any atom is -0.333 e. The van der Waals surface area contributed by atoms with E-state index in [0.29, 0.717) is 19.5 Å². The Hall–Kier alpha value is -0.470. The van der Waals surface area contributed by atoms with Crippen molar-refractivity contribution >= 4 is 29.1 Å². The molecule has 92 valence electrons. The van der Waals surface area contributed by atoms with Gasteiger partial charge in [-0.25, -0.2) is 0 Å². The molecule has 0 aromatic heterocycles. The number of hydrogen-bond acceptors (Lipinski definition) is 1. The first-order chi connectivity index (χ1) is 7.49. The quantitative estimate of drug-likeness (QED) is 0.485. The van der Waals surface area contributed by atoms with Gasteiger partial charge in [-0.3, -0.25) is 4.79 Å². The minimum atomic E-state index is -1.33. The van der Waals surface area contributed by atoms with E-state index in [9.17, 15) is 4.79 Å². The number of carbonyl (C=O) groups excluding carboxylic acids is 1. The van der Waals surface area contributed by atoms with Gasteiger partial charge in [0.15, 0.2) is 4.33 Å². The molecule has 0 heterocycles. The van der Waals surface area contributed by atoms with Crippen molar-refractivity contribution in [1.29, 1.82) is 0 Å². The fourth-order valence-corrected chi connectivity index (χ4v) is 1.80. The summed E-state index contributed by atoms with van der Waals surface area (Å²) in [5, 5.41) is 0. The van der Waals surface area contributed by atoms with Gasteiger partial charge in [0.2, 0.25) is 0 Å². The predicted octanol–water partition coefficient (Wildman–Crippen LogP) is 3.55. The molecule has 0 N–H and O–H groups in total. The van der Waals surface area contributed by atoms with Crippen LogP contribution in [0.5, 0.6) is 0 Å². The van der Waals surface area contributed by atoms with E-state index in [2.05, 4.69) is 13.2 Å². The van der Waals surface area contributed by atoms with Crippen molar-refractivity contribution < 1.29 is 4.79 Å². The lowest BCUT2D eigenvalue weighted by atomic mass is 10.1. The van der Waals surface area contributed by atoms with Crippen molar-refractivity contribution in [2.75, 3.05) is 13.1 Å². The Bertz CT molecular complexity index is 241. The molecule has 0 saturated heterocycles. The molecule has 0 radical (unpaired) electrons. The summed E-state index contributed by atoms with van der Waals surface area (Å²) in [4.78, 5) is 13.6. The highest BCUT2D eigenvalue weighted by Crippen LogP contribution is 2.30. The van der Waals surface area contributed by atoms with Gasteiger partial charge in [0.05, 0.1) is 0 Å². The topological polar surface area (TPSA) is 20.3 Å². The number of halogens is 2. The molecule has 1 amide bonds. The highest BCUT2D eigenvalue weighted by molar-refractivity contribution is 6.58. The van der Waals surface area contributed by atoms with E-state index in [1.165, 1.54) is 4.90 Å². The molecule has 0 rings (SSSR count). The van der Waals surface area contributed by atoms with E-state index in [1.54, 1.807) is 12.2 Å². The van der Waals surface area contributed by atoms with Gasteiger partial charge >= 0.3 is 0 Å². The maximum Gasteiger partial charge on any atom is 0.259 e. The maximum atomic E-state index is 12.0. The number of nitrogens with zero attached hydrogens (tertiary/aromatic N) is 1. The first-order valence-electron chi connectivity index (χ1n) is 5.38. The van der Waals surface area contributed by atoms with Crippen molar-refractivity contribution in [3.8, 4) is 0 Å². The third-order valence-electron chi connectivity index (χ3n) is 2.14. The molecule has 0 unspecified atom stereocenters. The number of unbranched alkanes of at least 4 members (excludes halogenated alkanes) is 1. The number of hydrogen-bond donors (Lipinski definition) is 0. The van der Waals surface area contributed by atoms with Crippen LogP contribution in [-0.4, -0.2) is 28.2 Å². The van der Waals surface area contributed by atoms with Crippen LogP contribution < -0.4 is 0 Å². The van der Waals surface area contributed by atoms with E-state index in [4.69, 9.17) is 23.2 Å². The standard InChI is InChI=1S/C12H19Cl2NO/c1-4-7-8-12(13,14)11(16)15(9-5-2)10-6-3/h5-6H,2-4,7-10H2,1H3. The second-order valence-electron chi connectivity index (χ2n) is 3.60. The van der Waals surface area contributed by atoms with Crippen LogP contribution in [0, 0.1) is 0 Å². The summed E-state index contributed by atoms with van der Waals surface area (Å²) < 4.78 is -1.33. The normalized spacial score (nSPS) is 10.9. The van der Waals surface area contributed by atoms with Crippen LogP contribution in [-0.2, 0) is 4.79 Å². The van der Waals surface area contributed by atoms with Gasteiger partial charge in [0.1, 0.15) is 0 Å². The van der Waals surface area contributed by atoms with Gasteiger partial charge in [-0.1, -0.05) is 55.1 Å². The highest BCUT2D eigenvalue weighted by atomic mass is 35.5. The Morgan fingerprint density at radius 1 is 1.31 bits per heavy atom. The van der Waals surface area contributed by atoms with E-state index in [-0.39, 0.29) is 5.91 Å². The number of rotatable bonds is 8. The molecule has 0 spiro atoms. The molecule has 0 atom stereocenters. The summed E-state index contributed by atoms with van der Waals surface area (Å²) in [5.41, 5.74) is 0. The van der Waals surface area contributed by atoms with Crippen LogP contribution in [0.4, 0.5) is 0 Å². The lowest BCUT2D eigenvalue weighted by Crippen LogP contribution is -2.42. The van der Waals surface area contributed by atoms with Gasteiger partial charge in [0, 0.05) is 13.1 Å². The van der Waals surface area contributed by atoms with Gasteiger partial charge < -0.3 is 4.90 Å². The van der Waals surface area contributed by atoms with Gasteiger partial charge in [-0.2, -0.15) is 0 Å². The molecular weight excluding hydrogens is 245 g/mol. The smallest absolute Gasteiger partial charge is 0.259 e. The minimum absolute atomic E-state index is 0.274. The van der Waals surface area contributed by atoms with Crippen molar-refractivity contribution in [2.24, 2.45) is 0 Å². The zero-order valence-electron chi connectivity index (χ0n) is 9.72. The number of carbonyl (C=O) groups is 1. The van der Waals surface area contributed by atoms with E-state index in [1.807, 2.05) is 6.92 Å². The molecule has 0 bridgehead atoms. The summed E-state index contributed by atoms with van der Waals surface area (Å²) in [6, 6.07) is 0. The lowest BCUT2D eigenvalue weighted by Gasteiger charge is -2.27. The summed E-state index contributed by atoms with van der Waals surface area (Å²) in [6.45, 7) is 10.1. The van der Waals surface area contributed by atoms with Crippen LogP contribution in [0.15, 0.2) is 25.3 Å². The molecule has 0 fully saturated rings. The third kappa shape index (κ3) is 5.04. The third-order valence-corrected chi connectivity index (χ3v) is 2.84. The molecule has 2 nitrogen and oxygen atoms in total. The highest BCUT2D eigenvalue weighted by Gasteiger charge is 2.35. The Kier molecular flexibility index (Phi) is 7.52. The van der Waals surface area contributed by atoms with Gasteiger partial charge in [0.25, 0.3) is 5.91 Å². The van der Waals surface area contributed by atoms with Crippen LogP contribution in [0.1, 0.15) is 26.2 Å². The lowest BCUT2D eigenvalue weighted by molar-refractivity contribution is -0.131. The average Bonchev–Trinajstić information content (AvgIpc) is 2.25. The summed E-state index contributed by atoms with van der Waals surface area (Å²) in [7, 11) is 0. The molecule has 0 aliphatic rings. The molecule has 16 heavy (non-hydrogen) atoms. The first kappa shape index (κ1) is 15.5. The fourth-order valence-electron chi connectivity index (χ4n) is 1.29. The molecule has 0 saturated carbocycles. The molecule has 0 aromatic rings. The van der Waals surface area contributed by atoms with Crippen LogP contribution in [0.2, 0.25) is 0 Å². The van der Waals surface area contributed by atoms with Crippen LogP contribution in [0.25, 0.3) is 0 Å². The van der Waals surface area contributed by atoms with Gasteiger partial charge in [-0.05, 0) is 6.42 Å². The number of amides is 1. The van der Waals surface area contributed by atoms with Crippen molar-refractivity contribution in [1.82, 2.24) is 4.90 Å². The average molecular weight is 264 g/mol. The summed E-state index contributed by atoms with van der Waals surface area (Å²) in [6.07, 6.45) is 5.54. The second kappa shape index (κ2) is 7.75. The zero-order valence-corrected chi connectivity index (χ0v) is 11.2. The molecule has 0 aliphatic heterocycles. The Balaban J connectivity index is 4.55. The van der Waals surface area contributed by atoms with E-state index in [0.717, 1.165) is 12.8 Å². The SMILES string of the molecule is C=CCN(CC=C)C(=O)C(Cl)(Cl)CCCC. The van der Waals surface area contributed by atoms with E-state index >= 15 is 0 Å². The monoisotopic (exact) mass is 263 g/mol. The maximum absolute atomic E-state index is 12.0. The predicted molar refractivity (Wildman–Crippen MR) is 70.9 cm³/mol. The second-order valence-corrected chi connectivity index (χ2v) is 5.08.